The Hall–Kier alpha value is -2.40. The first-order chi connectivity index (χ1) is 11.7. The maximum atomic E-state index is 12.2. The minimum atomic E-state index is -0.481. The smallest absolute Gasteiger partial charge is 0.360 e. The van der Waals surface area contributed by atoms with Crippen molar-refractivity contribution in [2.75, 3.05) is 6.61 Å². The van der Waals surface area contributed by atoms with Crippen LogP contribution >= 0.6 is 15.9 Å². The van der Waals surface area contributed by atoms with E-state index in [0.717, 1.165) is 15.4 Å². The lowest BCUT2D eigenvalue weighted by molar-refractivity contribution is 0.0514. The predicted octanol–water partition coefficient (Wildman–Crippen LogP) is 4.75. The van der Waals surface area contributed by atoms with Crippen LogP contribution in [-0.4, -0.2) is 17.6 Å². The molecule has 122 valence electrons. The van der Waals surface area contributed by atoms with Crippen molar-refractivity contribution in [1.82, 2.24) is 4.98 Å². The first-order valence-corrected chi connectivity index (χ1v) is 8.41. The molecule has 4 nitrogen and oxygen atoms in total. The third-order valence-corrected chi connectivity index (χ3v) is 3.94. The fraction of sp³-hybridized carbons (Fsp3) is 0.158. The normalized spacial score (nSPS) is 10.6. The van der Waals surface area contributed by atoms with Crippen LogP contribution in [0.1, 0.15) is 23.0 Å². The molecule has 0 aliphatic heterocycles. The van der Waals surface area contributed by atoms with Gasteiger partial charge in [0.2, 0.25) is 0 Å². The quantitative estimate of drug-likeness (QED) is 0.594. The number of hydrogen-bond donors (Lipinski definition) is 0. The second-order valence-electron chi connectivity index (χ2n) is 5.17. The van der Waals surface area contributed by atoms with Crippen molar-refractivity contribution in [3.63, 3.8) is 0 Å². The van der Waals surface area contributed by atoms with Crippen LogP contribution in [0.25, 0.3) is 10.9 Å². The van der Waals surface area contributed by atoms with Crippen LogP contribution in [0.15, 0.2) is 59.1 Å². The zero-order valence-corrected chi connectivity index (χ0v) is 14.7. The lowest BCUT2D eigenvalue weighted by Crippen LogP contribution is -2.10. The summed E-state index contributed by atoms with van der Waals surface area (Å²) in [7, 11) is 0. The van der Waals surface area contributed by atoms with E-state index in [1.807, 2.05) is 54.6 Å². The SMILES string of the molecule is CCOC(=O)c1nc2ccc(Br)cc2cc1OCc1ccccc1. The molecule has 1 aromatic heterocycles. The number of rotatable bonds is 5. The van der Waals surface area contributed by atoms with Gasteiger partial charge in [-0.05, 0) is 36.8 Å². The van der Waals surface area contributed by atoms with Crippen LogP contribution in [0.2, 0.25) is 0 Å². The fourth-order valence-electron chi connectivity index (χ4n) is 2.32. The maximum Gasteiger partial charge on any atom is 0.360 e. The van der Waals surface area contributed by atoms with E-state index in [1.165, 1.54) is 0 Å². The Morgan fingerprint density at radius 1 is 1.12 bits per heavy atom. The number of nitrogens with zero attached hydrogens (tertiary/aromatic N) is 1. The number of carbonyl (C=O) groups is 1. The van der Waals surface area contributed by atoms with Gasteiger partial charge in [0, 0.05) is 9.86 Å². The maximum absolute atomic E-state index is 12.2. The number of hydrogen-bond acceptors (Lipinski definition) is 4. The number of carbonyl (C=O) groups excluding carboxylic acids is 1. The van der Waals surface area contributed by atoms with E-state index < -0.39 is 5.97 Å². The topological polar surface area (TPSA) is 48.4 Å². The van der Waals surface area contributed by atoms with Gasteiger partial charge in [-0.1, -0.05) is 46.3 Å². The molecule has 0 aliphatic rings. The molecule has 24 heavy (non-hydrogen) atoms. The van der Waals surface area contributed by atoms with Gasteiger partial charge in [-0.25, -0.2) is 9.78 Å². The molecule has 0 spiro atoms. The van der Waals surface area contributed by atoms with E-state index >= 15 is 0 Å². The summed E-state index contributed by atoms with van der Waals surface area (Å²) in [6.45, 7) is 2.41. The zero-order valence-electron chi connectivity index (χ0n) is 13.2. The largest absolute Gasteiger partial charge is 0.486 e. The first kappa shape index (κ1) is 16.5. The van der Waals surface area contributed by atoms with Crippen molar-refractivity contribution in [2.24, 2.45) is 0 Å². The van der Waals surface area contributed by atoms with Crippen molar-refractivity contribution < 1.29 is 14.3 Å². The zero-order chi connectivity index (χ0) is 16.9. The third-order valence-electron chi connectivity index (χ3n) is 3.45. The Morgan fingerprint density at radius 3 is 2.67 bits per heavy atom. The average molecular weight is 386 g/mol. The molecular weight excluding hydrogens is 370 g/mol. The van der Waals surface area contributed by atoms with Crippen molar-refractivity contribution in [2.45, 2.75) is 13.5 Å². The van der Waals surface area contributed by atoms with Gasteiger partial charge in [0.1, 0.15) is 6.61 Å². The fourth-order valence-corrected chi connectivity index (χ4v) is 2.70. The van der Waals surface area contributed by atoms with Crippen LogP contribution < -0.4 is 4.74 Å². The molecule has 0 radical (unpaired) electrons. The number of fused-ring (bicyclic) bond motifs is 1. The van der Waals surface area contributed by atoms with E-state index in [0.29, 0.717) is 17.9 Å². The molecule has 0 saturated heterocycles. The standard InChI is InChI=1S/C19H16BrNO3/c1-2-23-19(22)18-17(24-12-13-6-4-3-5-7-13)11-14-10-15(20)8-9-16(14)21-18/h3-11H,2,12H2,1H3. The highest BCUT2D eigenvalue weighted by Crippen LogP contribution is 2.27. The Balaban J connectivity index is 1.98. The van der Waals surface area contributed by atoms with E-state index in [4.69, 9.17) is 9.47 Å². The number of aromatic nitrogens is 1. The third kappa shape index (κ3) is 3.74. The van der Waals surface area contributed by atoms with Gasteiger partial charge in [-0.2, -0.15) is 0 Å². The molecule has 1 heterocycles. The van der Waals surface area contributed by atoms with E-state index in [2.05, 4.69) is 20.9 Å². The summed E-state index contributed by atoms with van der Waals surface area (Å²) in [4.78, 5) is 16.6. The van der Waals surface area contributed by atoms with Gasteiger partial charge >= 0.3 is 5.97 Å². The minimum absolute atomic E-state index is 0.197. The molecule has 0 saturated carbocycles. The first-order valence-electron chi connectivity index (χ1n) is 7.61. The molecule has 0 fully saturated rings. The highest BCUT2D eigenvalue weighted by Gasteiger charge is 2.17. The molecule has 0 unspecified atom stereocenters. The van der Waals surface area contributed by atoms with E-state index in [9.17, 15) is 4.79 Å². The molecule has 3 aromatic rings. The minimum Gasteiger partial charge on any atom is -0.486 e. The average Bonchev–Trinajstić information content (AvgIpc) is 2.60. The summed E-state index contributed by atoms with van der Waals surface area (Å²) >= 11 is 3.44. The van der Waals surface area contributed by atoms with E-state index in [1.54, 1.807) is 6.92 Å². The molecule has 0 bridgehead atoms. The summed E-state index contributed by atoms with van der Waals surface area (Å²) < 4.78 is 11.9. The van der Waals surface area contributed by atoms with Gasteiger partial charge in [0.05, 0.1) is 12.1 Å². The Labute approximate surface area is 148 Å². The highest BCUT2D eigenvalue weighted by molar-refractivity contribution is 9.10. The summed E-state index contributed by atoms with van der Waals surface area (Å²) in [6, 6.07) is 17.3. The number of esters is 1. The number of benzene rings is 2. The second kappa shape index (κ2) is 7.45. The number of halogens is 1. The van der Waals surface area contributed by atoms with Crippen LogP contribution in [0.4, 0.5) is 0 Å². The van der Waals surface area contributed by atoms with Gasteiger partial charge in [-0.3, -0.25) is 0 Å². The molecule has 2 aromatic carbocycles. The van der Waals surface area contributed by atoms with Crippen LogP contribution in [0, 0.1) is 0 Å². The highest BCUT2D eigenvalue weighted by atomic mass is 79.9. The molecule has 0 amide bonds. The predicted molar refractivity (Wildman–Crippen MR) is 96.2 cm³/mol. The Bertz CT molecular complexity index is 865. The van der Waals surface area contributed by atoms with Gasteiger partial charge < -0.3 is 9.47 Å². The Kier molecular flexibility index (Phi) is 5.11. The molecular formula is C19H16BrNO3. The van der Waals surface area contributed by atoms with Crippen LogP contribution in [-0.2, 0) is 11.3 Å². The second-order valence-corrected chi connectivity index (χ2v) is 6.08. The van der Waals surface area contributed by atoms with Crippen LogP contribution in [0.5, 0.6) is 5.75 Å². The summed E-state index contributed by atoms with van der Waals surface area (Å²) in [5.41, 5.74) is 1.93. The van der Waals surface area contributed by atoms with Crippen molar-refractivity contribution >= 4 is 32.8 Å². The molecule has 0 aliphatic carbocycles. The van der Waals surface area contributed by atoms with E-state index in [-0.39, 0.29) is 12.3 Å². The molecule has 0 N–H and O–H groups in total. The van der Waals surface area contributed by atoms with Crippen LogP contribution in [0.3, 0.4) is 0 Å². The molecule has 0 atom stereocenters. The summed E-state index contributed by atoms with van der Waals surface area (Å²) in [5, 5.41) is 0.889. The van der Waals surface area contributed by atoms with Crippen molar-refractivity contribution in [3.05, 3.63) is 70.3 Å². The monoisotopic (exact) mass is 385 g/mol. The van der Waals surface area contributed by atoms with Crippen molar-refractivity contribution in [1.29, 1.82) is 0 Å². The summed E-state index contributed by atoms with van der Waals surface area (Å²) in [6.07, 6.45) is 0. The summed E-state index contributed by atoms with van der Waals surface area (Å²) in [5.74, 6) is -0.0618. The lowest BCUT2D eigenvalue weighted by atomic mass is 10.2. The molecule has 5 heteroatoms. The van der Waals surface area contributed by atoms with Gasteiger partial charge in [0.15, 0.2) is 11.4 Å². The van der Waals surface area contributed by atoms with Crippen molar-refractivity contribution in [3.8, 4) is 5.75 Å². The van der Waals surface area contributed by atoms with Gasteiger partial charge in [-0.15, -0.1) is 0 Å². The lowest BCUT2D eigenvalue weighted by Gasteiger charge is -2.12. The van der Waals surface area contributed by atoms with Gasteiger partial charge in [0.25, 0.3) is 0 Å². The number of ether oxygens (including phenoxy) is 2. The number of pyridine rings is 1. The molecule has 3 rings (SSSR count). The Morgan fingerprint density at radius 2 is 1.92 bits per heavy atom.